The van der Waals surface area contributed by atoms with E-state index < -0.39 is 41.8 Å². The molecule has 1 aliphatic carbocycles. The summed E-state index contributed by atoms with van der Waals surface area (Å²) in [7, 11) is 1.45. The minimum Gasteiger partial charge on any atom is -0.493 e. The van der Waals surface area contributed by atoms with Gasteiger partial charge in [-0.3, -0.25) is 9.59 Å². The van der Waals surface area contributed by atoms with Crippen molar-refractivity contribution in [1.82, 2.24) is 10.2 Å². The predicted octanol–water partition coefficient (Wildman–Crippen LogP) is 1.06. The molecule has 0 fully saturated rings. The molecule has 4 unspecified atom stereocenters. The molecule has 1 heterocycles. The number of methoxy groups -OCH3 is 1. The fourth-order valence-corrected chi connectivity index (χ4v) is 5.27. The fraction of sp³-hybridized carbons (Fsp3) is 0.448. The summed E-state index contributed by atoms with van der Waals surface area (Å²) in [5.41, 5.74) is 2.00. The van der Waals surface area contributed by atoms with E-state index in [0.717, 1.165) is 0 Å². The Labute approximate surface area is 232 Å². The zero-order chi connectivity index (χ0) is 28.8. The van der Waals surface area contributed by atoms with Gasteiger partial charge in [-0.1, -0.05) is 12.1 Å². The van der Waals surface area contributed by atoms with E-state index in [1.165, 1.54) is 24.1 Å². The Bertz CT molecular complexity index is 1250. The molecule has 0 aromatic heterocycles. The number of rotatable bonds is 12. The van der Waals surface area contributed by atoms with Crippen LogP contribution in [0, 0.1) is 5.82 Å². The molecule has 0 radical (unpaired) electrons. The summed E-state index contributed by atoms with van der Waals surface area (Å²) in [6.07, 6.45) is -0.377. The number of amides is 2. The van der Waals surface area contributed by atoms with Gasteiger partial charge in [-0.25, -0.2) is 4.39 Å². The molecular formula is C29H35FN2O8. The van der Waals surface area contributed by atoms with E-state index in [4.69, 9.17) is 14.2 Å². The standard InChI is InChI=1S/C29H35FN2O8/c1-3-39-16-24(35)32(9-7-17-5-4-6-19(30)11-17)22-14-21(29(37)31-8-10-33)25-20-12-18(15-34)13-23(38-2)27(20)40-28(25)26(22)36/h4-6,11-14,22,25-26,28,33-34,36H,3,7-10,15-16H2,1-2H3,(H,31,37). The van der Waals surface area contributed by atoms with Crippen LogP contribution in [0.5, 0.6) is 11.5 Å². The van der Waals surface area contributed by atoms with Gasteiger partial charge in [-0.15, -0.1) is 0 Å². The van der Waals surface area contributed by atoms with Crippen molar-refractivity contribution in [2.45, 2.75) is 44.1 Å². The Balaban J connectivity index is 1.76. The molecule has 11 heteroatoms. The van der Waals surface area contributed by atoms with Crippen LogP contribution < -0.4 is 14.8 Å². The van der Waals surface area contributed by atoms with E-state index in [1.807, 2.05) is 0 Å². The van der Waals surface area contributed by atoms with Gasteiger partial charge in [0.1, 0.15) is 24.6 Å². The van der Waals surface area contributed by atoms with Gasteiger partial charge in [0.15, 0.2) is 11.5 Å². The van der Waals surface area contributed by atoms with E-state index in [2.05, 4.69) is 5.32 Å². The van der Waals surface area contributed by atoms with Crippen LogP contribution >= 0.6 is 0 Å². The van der Waals surface area contributed by atoms with E-state index in [-0.39, 0.29) is 38.5 Å². The molecule has 4 N–H and O–H groups in total. The molecular weight excluding hydrogens is 523 g/mol. The lowest BCUT2D eigenvalue weighted by Gasteiger charge is -2.40. The van der Waals surface area contributed by atoms with Crippen molar-refractivity contribution in [1.29, 1.82) is 0 Å². The molecule has 2 aromatic rings. The second-order valence-corrected chi connectivity index (χ2v) is 9.62. The average molecular weight is 559 g/mol. The largest absolute Gasteiger partial charge is 0.493 e. The van der Waals surface area contributed by atoms with Crippen LogP contribution in [0.25, 0.3) is 0 Å². The lowest BCUT2D eigenvalue weighted by Crippen LogP contribution is -2.56. The van der Waals surface area contributed by atoms with Crippen LogP contribution in [-0.4, -0.2) is 90.3 Å². The molecule has 4 rings (SSSR count). The van der Waals surface area contributed by atoms with Crippen LogP contribution in [0.4, 0.5) is 4.39 Å². The normalized spacial score (nSPS) is 21.1. The maximum absolute atomic E-state index is 13.8. The molecule has 2 amide bonds. The van der Waals surface area contributed by atoms with Crippen molar-refractivity contribution in [2.75, 3.05) is 40.0 Å². The summed E-state index contributed by atoms with van der Waals surface area (Å²) in [6, 6.07) is 8.37. The summed E-state index contributed by atoms with van der Waals surface area (Å²) in [4.78, 5) is 28.1. The number of ether oxygens (including phenoxy) is 3. The zero-order valence-corrected chi connectivity index (χ0v) is 22.5. The number of benzene rings is 2. The maximum atomic E-state index is 13.8. The van der Waals surface area contributed by atoms with E-state index in [0.29, 0.717) is 41.2 Å². The van der Waals surface area contributed by atoms with Crippen molar-refractivity contribution in [3.8, 4) is 11.5 Å². The van der Waals surface area contributed by atoms with Gasteiger partial charge in [0.2, 0.25) is 11.8 Å². The summed E-state index contributed by atoms with van der Waals surface area (Å²) >= 11 is 0. The van der Waals surface area contributed by atoms with Gasteiger partial charge in [-0.05, 0) is 54.8 Å². The molecule has 2 aliphatic rings. The van der Waals surface area contributed by atoms with Gasteiger partial charge in [0.25, 0.3) is 0 Å². The van der Waals surface area contributed by atoms with E-state index in [9.17, 15) is 29.3 Å². The number of halogens is 1. The molecule has 216 valence electrons. The highest BCUT2D eigenvalue weighted by atomic mass is 19.1. The zero-order valence-electron chi connectivity index (χ0n) is 22.5. The number of hydrogen-bond acceptors (Lipinski definition) is 8. The summed E-state index contributed by atoms with van der Waals surface area (Å²) in [5, 5.41) is 33.4. The maximum Gasteiger partial charge on any atom is 0.249 e. The van der Waals surface area contributed by atoms with Crippen LogP contribution in [0.1, 0.15) is 29.5 Å². The van der Waals surface area contributed by atoms with Gasteiger partial charge < -0.3 is 39.7 Å². The number of nitrogens with one attached hydrogen (secondary N) is 1. The molecule has 0 saturated carbocycles. The SMILES string of the molecule is CCOCC(=O)N(CCc1cccc(F)c1)C1C=C(C(=O)NCCO)C2c3cc(CO)cc(OC)c3OC2C1O. The topological polar surface area (TPSA) is 138 Å². The number of nitrogens with zero attached hydrogens (tertiary/aromatic N) is 1. The van der Waals surface area contributed by atoms with Crippen molar-refractivity contribution < 1.29 is 43.5 Å². The highest BCUT2D eigenvalue weighted by Crippen LogP contribution is 2.51. The molecule has 10 nitrogen and oxygen atoms in total. The Morgan fingerprint density at radius 2 is 1.98 bits per heavy atom. The van der Waals surface area contributed by atoms with E-state index in [1.54, 1.807) is 37.3 Å². The second-order valence-electron chi connectivity index (χ2n) is 9.62. The quantitative estimate of drug-likeness (QED) is 0.304. The molecule has 4 atom stereocenters. The first-order valence-corrected chi connectivity index (χ1v) is 13.2. The van der Waals surface area contributed by atoms with Crippen LogP contribution in [-0.2, 0) is 27.4 Å². The Hall–Kier alpha value is -3.51. The molecule has 40 heavy (non-hydrogen) atoms. The lowest BCUT2D eigenvalue weighted by molar-refractivity contribution is -0.141. The third-order valence-electron chi connectivity index (χ3n) is 7.14. The third kappa shape index (κ3) is 6.12. The fourth-order valence-electron chi connectivity index (χ4n) is 5.27. The smallest absolute Gasteiger partial charge is 0.249 e. The Kier molecular flexibility index (Phi) is 9.75. The first-order chi connectivity index (χ1) is 19.3. The predicted molar refractivity (Wildman–Crippen MR) is 142 cm³/mol. The number of carbonyl (C=O) groups excluding carboxylic acids is 2. The van der Waals surface area contributed by atoms with Gasteiger partial charge in [0, 0.05) is 30.8 Å². The van der Waals surface area contributed by atoms with Crippen LogP contribution in [0.3, 0.4) is 0 Å². The number of hydrogen-bond donors (Lipinski definition) is 4. The molecule has 2 aromatic carbocycles. The van der Waals surface area contributed by atoms with E-state index >= 15 is 0 Å². The van der Waals surface area contributed by atoms with Crippen molar-refractivity contribution in [2.24, 2.45) is 0 Å². The highest BCUT2D eigenvalue weighted by Gasteiger charge is 2.51. The minimum atomic E-state index is -1.26. The van der Waals surface area contributed by atoms with Gasteiger partial charge >= 0.3 is 0 Å². The Morgan fingerprint density at radius 1 is 1.18 bits per heavy atom. The summed E-state index contributed by atoms with van der Waals surface area (Å²) < 4.78 is 30.9. The Morgan fingerprint density at radius 3 is 2.65 bits per heavy atom. The minimum absolute atomic E-state index is 0.00104. The second kappa shape index (κ2) is 13.2. The third-order valence-corrected chi connectivity index (χ3v) is 7.14. The van der Waals surface area contributed by atoms with Gasteiger partial charge in [0.05, 0.1) is 32.3 Å². The number of aliphatic hydroxyl groups is 3. The summed E-state index contributed by atoms with van der Waals surface area (Å²) in [5.74, 6) is -1.36. The molecule has 1 aliphatic heterocycles. The monoisotopic (exact) mass is 558 g/mol. The van der Waals surface area contributed by atoms with Crippen LogP contribution in [0.15, 0.2) is 48.0 Å². The first kappa shape index (κ1) is 29.5. The van der Waals surface area contributed by atoms with Crippen molar-refractivity contribution in [3.05, 3.63) is 70.6 Å². The summed E-state index contributed by atoms with van der Waals surface area (Å²) in [6.45, 7) is 1.38. The van der Waals surface area contributed by atoms with Crippen molar-refractivity contribution in [3.63, 3.8) is 0 Å². The van der Waals surface area contributed by atoms with Gasteiger partial charge in [-0.2, -0.15) is 0 Å². The van der Waals surface area contributed by atoms with Crippen LogP contribution in [0.2, 0.25) is 0 Å². The molecule has 0 spiro atoms. The van der Waals surface area contributed by atoms with Crippen molar-refractivity contribution >= 4 is 11.8 Å². The molecule has 0 bridgehead atoms. The number of carbonyl (C=O) groups is 2. The number of aliphatic hydroxyl groups excluding tert-OH is 3. The first-order valence-electron chi connectivity index (χ1n) is 13.2. The highest BCUT2D eigenvalue weighted by molar-refractivity contribution is 5.96. The average Bonchev–Trinajstić information content (AvgIpc) is 3.35. The lowest BCUT2D eigenvalue weighted by atomic mass is 9.77. The number of fused-ring (bicyclic) bond motifs is 3. The molecule has 0 saturated heterocycles.